The zero-order valence-electron chi connectivity index (χ0n) is 10.7. The average molecular weight is 295 g/mol. The molecule has 0 radical (unpaired) electrons. The molecular formula is C16H13ClF2O. The Bertz CT molecular complexity index is 533. The van der Waals surface area contributed by atoms with Crippen molar-refractivity contribution < 1.29 is 13.6 Å². The van der Waals surface area contributed by atoms with Gasteiger partial charge in [-0.25, -0.2) is 8.78 Å². The summed E-state index contributed by atoms with van der Waals surface area (Å²) in [5, 5.41) is -0.417. The molecule has 0 spiro atoms. The monoisotopic (exact) mass is 294 g/mol. The summed E-state index contributed by atoms with van der Waals surface area (Å²) in [5.74, 6) is -0.751. The van der Waals surface area contributed by atoms with Gasteiger partial charge in [0.1, 0.15) is 11.6 Å². The molecule has 0 aliphatic carbocycles. The Labute approximate surface area is 121 Å². The third-order valence-corrected chi connectivity index (χ3v) is 3.36. The molecule has 0 saturated heterocycles. The molecule has 104 valence electrons. The van der Waals surface area contributed by atoms with Crippen LogP contribution in [0.1, 0.15) is 29.9 Å². The van der Waals surface area contributed by atoms with Gasteiger partial charge in [-0.05, 0) is 53.4 Å². The second kappa shape index (κ2) is 6.62. The zero-order chi connectivity index (χ0) is 14.5. The van der Waals surface area contributed by atoms with Gasteiger partial charge in [0.2, 0.25) is 5.24 Å². The number of hydrogen-bond acceptors (Lipinski definition) is 1. The van der Waals surface area contributed by atoms with Gasteiger partial charge in [0.15, 0.2) is 0 Å². The normalized spacial score (nSPS) is 10.8. The summed E-state index contributed by atoms with van der Waals surface area (Å²) in [6, 6.07) is 12.2. The largest absolute Gasteiger partial charge is 0.281 e. The maximum absolute atomic E-state index is 13.0. The van der Waals surface area contributed by atoms with Gasteiger partial charge in [-0.2, -0.15) is 0 Å². The summed E-state index contributed by atoms with van der Waals surface area (Å²) in [5.41, 5.74) is 1.74. The van der Waals surface area contributed by atoms with Crippen molar-refractivity contribution in [2.45, 2.75) is 18.8 Å². The molecular weight excluding hydrogens is 282 g/mol. The molecule has 0 atom stereocenters. The Morgan fingerprint density at radius 1 is 0.900 bits per heavy atom. The van der Waals surface area contributed by atoms with Crippen molar-refractivity contribution in [1.82, 2.24) is 0 Å². The van der Waals surface area contributed by atoms with E-state index in [1.807, 2.05) is 0 Å². The van der Waals surface area contributed by atoms with Crippen molar-refractivity contribution in [2.75, 3.05) is 0 Å². The van der Waals surface area contributed by atoms with Crippen molar-refractivity contribution in [3.05, 3.63) is 71.3 Å². The first-order valence-electron chi connectivity index (χ1n) is 6.25. The maximum atomic E-state index is 13.0. The highest BCUT2D eigenvalue weighted by Crippen LogP contribution is 2.29. The molecule has 0 fully saturated rings. The van der Waals surface area contributed by atoms with Crippen LogP contribution in [0, 0.1) is 11.6 Å². The second-order valence-electron chi connectivity index (χ2n) is 4.55. The number of halogens is 3. The third-order valence-electron chi connectivity index (χ3n) is 3.17. The van der Waals surface area contributed by atoms with Crippen LogP contribution < -0.4 is 0 Å². The van der Waals surface area contributed by atoms with Crippen LogP contribution in [0.5, 0.6) is 0 Å². The van der Waals surface area contributed by atoms with Crippen molar-refractivity contribution >= 4 is 16.8 Å². The number of hydrogen-bond donors (Lipinski definition) is 0. The fraction of sp³-hybridized carbons (Fsp3) is 0.188. The Morgan fingerprint density at radius 2 is 1.30 bits per heavy atom. The lowest BCUT2D eigenvalue weighted by atomic mass is 9.87. The molecule has 0 N–H and O–H groups in total. The van der Waals surface area contributed by atoms with Gasteiger partial charge in [-0.3, -0.25) is 4.79 Å². The quantitative estimate of drug-likeness (QED) is 0.734. The fourth-order valence-electron chi connectivity index (χ4n) is 2.17. The average Bonchev–Trinajstić information content (AvgIpc) is 2.42. The van der Waals surface area contributed by atoms with E-state index in [-0.39, 0.29) is 24.0 Å². The third kappa shape index (κ3) is 3.87. The Kier molecular flexibility index (Phi) is 4.85. The van der Waals surface area contributed by atoms with Gasteiger partial charge >= 0.3 is 0 Å². The minimum Gasteiger partial charge on any atom is -0.281 e. The van der Waals surface area contributed by atoms with E-state index in [1.54, 1.807) is 24.3 Å². The van der Waals surface area contributed by atoms with E-state index < -0.39 is 5.24 Å². The minimum absolute atomic E-state index is 0.112. The predicted molar refractivity (Wildman–Crippen MR) is 74.7 cm³/mol. The molecule has 0 amide bonds. The molecule has 20 heavy (non-hydrogen) atoms. The van der Waals surface area contributed by atoms with E-state index in [0.29, 0.717) is 6.42 Å². The predicted octanol–water partition coefficient (Wildman–Crippen LogP) is 4.64. The minimum atomic E-state index is -0.417. The van der Waals surface area contributed by atoms with Crippen LogP contribution in [0.15, 0.2) is 48.5 Å². The van der Waals surface area contributed by atoms with Crippen LogP contribution in [0.25, 0.3) is 0 Å². The molecule has 0 saturated carbocycles. The van der Waals surface area contributed by atoms with Gasteiger partial charge < -0.3 is 0 Å². The number of benzene rings is 2. The highest BCUT2D eigenvalue weighted by molar-refractivity contribution is 6.63. The van der Waals surface area contributed by atoms with Gasteiger partial charge in [0.05, 0.1) is 0 Å². The highest BCUT2D eigenvalue weighted by atomic mass is 35.5. The van der Waals surface area contributed by atoms with E-state index in [9.17, 15) is 13.6 Å². The number of carbonyl (C=O) groups is 1. The van der Waals surface area contributed by atoms with Crippen LogP contribution in [-0.2, 0) is 4.79 Å². The fourth-order valence-corrected chi connectivity index (χ4v) is 2.28. The first-order chi connectivity index (χ1) is 9.56. The Morgan fingerprint density at radius 3 is 1.65 bits per heavy atom. The smallest absolute Gasteiger partial charge is 0.221 e. The molecule has 1 nitrogen and oxygen atoms in total. The van der Waals surface area contributed by atoms with Gasteiger partial charge in [-0.15, -0.1) is 0 Å². The lowest BCUT2D eigenvalue weighted by Crippen LogP contribution is -2.03. The van der Waals surface area contributed by atoms with Crippen molar-refractivity contribution in [3.63, 3.8) is 0 Å². The lowest BCUT2D eigenvalue weighted by Gasteiger charge is -2.17. The molecule has 2 aromatic rings. The molecule has 0 aliphatic heterocycles. The van der Waals surface area contributed by atoms with E-state index in [2.05, 4.69) is 0 Å². The molecule has 2 aromatic carbocycles. The van der Waals surface area contributed by atoms with Gasteiger partial charge in [-0.1, -0.05) is 24.3 Å². The highest BCUT2D eigenvalue weighted by Gasteiger charge is 2.15. The SMILES string of the molecule is O=C(Cl)CCC(c1ccc(F)cc1)c1ccc(F)cc1. The molecule has 0 heterocycles. The topological polar surface area (TPSA) is 17.1 Å². The summed E-state index contributed by atoms with van der Waals surface area (Å²) in [4.78, 5) is 11.0. The Hall–Kier alpha value is -1.74. The molecule has 0 aromatic heterocycles. The van der Waals surface area contributed by atoms with Crippen molar-refractivity contribution in [3.8, 4) is 0 Å². The van der Waals surface area contributed by atoms with Crippen LogP contribution >= 0.6 is 11.6 Å². The summed E-state index contributed by atoms with van der Waals surface area (Å²) in [6.45, 7) is 0. The molecule has 0 aliphatic rings. The van der Waals surface area contributed by atoms with Crippen molar-refractivity contribution in [2.24, 2.45) is 0 Å². The summed E-state index contributed by atoms with van der Waals surface area (Å²) in [7, 11) is 0. The standard InChI is InChI=1S/C16H13ClF2O/c17-16(20)10-9-15(11-1-5-13(18)6-2-11)12-3-7-14(19)8-4-12/h1-8,15H,9-10H2. The van der Waals surface area contributed by atoms with Crippen LogP contribution in [0.4, 0.5) is 8.78 Å². The number of rotatable bonds is 5. The van der Waals surface area contributed by atoms with Crippen LogP contribution in [0.2, 0.25) is 0 Å². The summed E-state index contributed by atoms with van der Waals surface area (Å²) >= 11 is 5.39. The van der Waals surface area contributed by atoms with E-state index in [1.165, 1.54) is 24.3 Å². The first kappa shape index (κ1) is 14.7. The summed E-state index contributed by atoms with van der Waals surface area (Å²) < 4.78 is 26.0. The summed E-state index contributed by atoms with van der Waals surface area (Å²) in [6.07, 6.45) is 0.709. The molecule has 4 heteroatoms. The lowest BCUT2D eigenvalue weighted by molar-refractivity contribution is -0.111. The Balaban J connectivity index is 2.30. The van der Waals surface area contributed by atoms with Gasteiger partial charge in [0, 0.05) is 12.3 Å². The van der Waals surface area contributed by atoms with Crippen LogP contribution in [0.3, 0.4) is 0 Å². The second-order valence-corrected chi connectivity index (χ2v) is 4.97. The van der Waals surface area contributed by atoms with E-state index in [4.69, 9.17) is 11.6 Å². The molecule has 2 rings (SSSR count). The molecule has 0 bridgehead atoms. The van der Waals surface area contributed by atoms with Crippen molar-refractivity contribution in [1.29, 1.82) is 0 Å². The first-order valence-corrected chi connectivity index (χ1v) is 6.63. The maximum Gasteiger partial charge on any atom is 0.221 e. The van der Waals surface area contributed by atoms with Gasteiger partial charge in [0.25, 0.3) is 0 Å². The zero-order valence-corrected chi connectivity index (χ0v) is 11.4. The molecule has 0 unspecified atom stereocenters. The van der Waals surface area contributed by atoms with Crippen LogP contribution in [-0.4, -0.2) is 5.24 Å². The van der Waals surface area contributed by atoms with E-state index >= 15 is 0 Å². The van der Waals surface area contributed by atoms with E-state index in [0.717, 1.165) is 11.1 Å². The number of carbonyl (C=O) groups excluding carboxylic acids is 1.